The molecule has 1 aromatic rings. The van der Waals surface area contributed by atoms with Gasteiger partial charge in [0.05, 0.1) is 9.26 Å². The van der Waals surface area contributed by atoms with E-state index >= 15 is 0 Å². The highest BCUT2D eigenvalue weighted by Gasteiger charge is 2.30. The lowest BCUT2D eigenvalue weighted by atomic mass is 10.3. The molecule has 0 fully saturated rings. The quantitative estimate of drug-likeness (QED) is 0.802. The molecule has 1 aromatic heterocycles. The highest BCUT2D eigenvalue weighted by atomic mass is 127. The molecule has 7 heteroatoms. The molecule has 1 N–H and O–H groups in total. The van der Waals surface area contributed by atoms with Gasteiger partial charge in [-0.1, -0.05) is 13.8 Å². The van der Waals surface area contributed by atoms with E-state index in [0.717, 1.165) is 9.99 Å². The lowest BCUT2D eigenvalue weighted by Gasteiger charge is -2.12. The second kappa shape index (κ2) is 6.53. The molecule has 0 saturated heterocycles. The standard InChI is InChI=1S/C11H15F3IN3/c1-3-5-16-10-9(15)7(4-2)17-8(18-10)6-11(12,13)14/h3-6H2,1-2H3,(H,16,17,18). The predicted octanol–water partition coefficient (Wildman–Crippen LogP) is 3.57. The third-order valence-electron chi connectivity index (χ3n) is 2.20. The Hall–Kier alpha value is -0.600. The van der Waals surface area contributed by atoms with Gasteiger partial charge in [0.1, 0.15) is 18.1 Å². The molecule has 0 aliphatic heterocycles. The van der Waals surface area contributed by atoms with Gasteiger partial charge in [0.15, 0.2) is 0 Å². The Balaban J connectivity index is 3.05. The van der Waals surface area contributed by atoms with Crippen LogP contribution in [0, 0.1) is 3.57 Å². The van der Waals surface area contributed by atoms with Crippen LogP contribution < -0.4 is 5.32 Å². The molecule has 0 radical (unpaired) electrons. The molecule has 1 rings (SSSR count). The topological polar surface area (TPSA) is 37.8 Å². The summed E-state index contributed by atoms with van der Waals surface area (Å²) in [6.45, 7) is 4.53. The fourth-order valence-electron chi connectivity index (χ4n) is 1.40. The van der Waals surface area contributed by atoms with E-state index in [1.807, 2.05) is 13.8 Å². The normalized spacial score (nSPS) is 11.7. The summed E-state index contributed by atoms with van der Waals surface area (Å²) in [6, 6.07) is 0. The lowest BCUT2D eigenvalue weighted by Crippen LogP contribution is -2.17. The van der Waals surface area contributed by atoms with Gasteiger partial charge in [-0.05, 0) is 35.4 Å². The van der Waals surface area contributed by atoms with Crippen LogP contribution in [0.3, 0.4) is 0 Å². The fraction of sp³-hybridized carbons (Fsp3) is 0.636. The van der Waals surface area contributed by atoms with Crippen molar-refractivity contribution in [3.8, 4) is 0 Å². The van der Waals surface area contributed by atoms with Gasteiger partial charge >= 0.3 is 6.18 Å². The summed E-state index contributed by atoms with van der Waals surface area (Å²) in [6.07, 6.45) is -3.89. The van der Waals surface area contributed by atoms with E-state index in [2.05, 4.69) is 37.9 Å². The molecule has 1 heterocycles. The van der Waals surface area contributed by atoms with Gasteiger partial charge in [-0.2, -0.15) is 13.2 Å². The Labute approximate surface area is 118 Å². The van der Waals surface area contributed by atoms with Crippen LogP contribution in [0.15, 0.2) is 0 Å². The molecular formula is C11H15F3IN3. The largest absolute Gasteiger partial charge is 0.396 e. The molecule has 0 aromatic carbocycles. The van der Waals surface area contributed by atoms with E-state index in [1.165, 1.54) is 0 Å². The Morgan fingerprint density at radius 2 is 1.89 bits per heavy atom. The summed E-state index contributed by atoms with van der Waals surface area (Å²) < 4.78 is 37.9. The predicted molar refractivity (Wildman–Crippen MR) is 72.7 cm³/mol. The number of halogens is 4. The molecule has 0 aliphatic rings. The average Bonchev–Trinajstić information content (AvgIpc) is 2.27. The first-order valence-electron chi connectivity index (χ1n) is 5.73. The third kappa shape index (κ3) is 4.58. The van der Waals surface area contributed by atoms with Crippen molar-refractivity contribution in [2.45, 2.75) is 39.3 Å². The van der Waals surface area contributed by atoms with Crippen molar-refractivity contribution < 1.29 is 13.2 Å². The molecule has 0 unspecified atom stereocenters. The van der Waals surface area contributed by atoms with Crippen molar-refractivity contribution in [1.82, 2.24) is 9.97 Å². The van der Waals surface area contributed by atoms with Gasteiger partial charge in [-0.3, -0.25) is 0 Å². The Kier molecular flexibility index (Phi) is 5.61. The van der Waals surface area contributed by atoms with Crippen molar-refractivity contribution in [2.75, 3.05) is 11.9 Å². The first kappa shape index (κ1) is 15.5. The van der Waals surface area contributed by atoms with Gasteiger partial charge in [-0.25, -0.2) is 9.97 Å². The maximum absolute atomic E-state index is 12.4. The minimum Gasteiger partial charge on any atom is -0.369 e. The minimum atomic E-state index is -4.28. The fourth-order valence-corrected chi connectivity index (χ4v) is 2.21. The van der Waals surface area contributed by atoms with Crippen molar-refractivity contribution in [2.24, 2.45) is 0 Å². The molecule has 0 bridgehead atoms. The summed E-state index contributed by atoms with van der Waals surface area (Å²) >= 11 is 2.07. The number of nitrogens with zero attached hydrogens (tertiary/aromatic N) is 2. The Bertz CT molecular complexity index is 407. The maximum atomic E-state index is 12.4. The molecule has 0 atom stereocenters. The molecule has 0 aliphatic carbocycles. The molecular weight excluding hydrogens is 358 g/mol. The van der Waals surface area contributed by atoms with E-state index < -0.39 is 12.6 Å². The number of nitrogens with one attached hydrogen (secondary N) is 1. The van der Waals surface area contributed by atoms with E-state index in [0.29, 0.717) is 24.5 Å². The van der Waals surface area contributed by atoms with E-state index in [-0.39, 0.29) is 5.82 Å². The van der Waals surface area contributed by atoms with Crippen LogP contribution in [-0.4, -0.2) is 22.7 Å². The highest BCUT2D eigenvalue weighted by Crippen LogP contribution is 2.24. The van der Waals surface area contributed by atoms with Crippen LogP contribution in [0.1, 0.15) is 31.8 Å². The van der Waals surface area contributed by atoms with E-state index in [9.17, 15) is 13.2 Å². The van der Waals surface area contributed by atoms with Crippen LogP contribution in [-0.2, 0) is 12.8 Å². The van der Waals surface area contributed by atoms with Crippen molar-refractivity contribution in [3.05, 3.63) is 15.1 Å². The first-order valence-corrected chi connectivity index (χ1v) is 6.81. The summed E-state index contributed by atoms with van der Waals surface area (Å²) in [5.74, 6) is 0.335. The second-order valence-electron chi connectivity index (χ2n) is 3.82. The van der Waals surface area contributed by atoms with Gasteiger partial charge in [0.2, 0.25) is 0 Å². The van der Waals surface area contributed by atoms with Crippen LogP contribution in [0.25, 0.3) is 0 Å². The Morgan fingerprint density at radius 3 is 2.39 bits per heavy atom. The number of alkyl halides is 3. The number of hydrogen-bond donors (Lipinski definition) is 1. The zero-order valence-electron chi connectivity index (χ0n) is 10.2. The number of rotatable bonds is 5. The van der Waals surface area contributed by atoms with Crippen LogP contribution in [0.2, 0.25) is 0 Å². The third-order valence-corrected chi connectivity index (χ3v) is 3.34. The van der Waals surface area contributed by atoms with Crippen molar-refractivity contribution in [1.29, 1.82) is 0 Å². The van der Waals surface area contributed by atoms with Crippen LogP contribution >= 0.6 is 22.6 Å². The number of hydrogen-bond acceptors (Lipinski definition) is 3. The molecule has 0 amide bonds. The van der Waals surface area contributed by atoms with Gasteiger partial charge in [0.25, 0.3) is 0 Å². The van der Waals surface area contributed by atoms with Gasteiger partial charge in [0, 0.05) is 6.54 Å². The summed E-state index contributed by atoms with van der Waals surface area (Å²) in [4.78, 5) is 7.92. The summed E-state index contributed by atoms with van der Waals surface area (Å²) in [5.41, 5.74) is 0.656. The number of aromatic nitrogens is 2. The maximum Gasteiger partial charge on any atom is 0.396 e. The number of aryl methyl sites for hydroxylation is 1. The monoisotopic (exact) mass is 373 g/mol. The molecule has 0 saturated carbocycles. The van der Waals surface area contributed by atoms with Gasteiger partial charge in [-0.15, -0.1) is 0 Å². The molecule has 102 valence electrons. The van der Waals surface area contributed by atoms with Gasteiger partial charge < -0.3 is 5.32 Å². The molecule has 0 spiro atoms. The van der Waals surface area contributed by atoms with Crippen molar-refractivity contribution >= 4 is 28.4 Å². The second-order valence-corrected chi connectivity index (χ2v) is 4.90. The minimum absolute atomic E-state index is 0.168. The zero-order chi connectivity index (χ0) is 13.8. The number of anilines is 1. The average molecular weight is 373 g/mol. The smallest absolute Gasteiger partial charge is 0.369 e. The van der Waals surface area contributed by atoms with E-state index in [1.54, 1.807) is 0 Å². The summed E-state index contributed by atoms with van der Waals surface area (Å²) in [5, 5.41) is 3.04. The SMILES string of the molecule is CCCNc1nc(CC(F)(F)F)nc(CC)c1I. The van der Waals surface area contributed by atoms with E-state index in [4.69, 9.17) is 0 Å². The first-order chi connectivity index (χ1) is 8.37. The zero-order valence-corrected chi connectivity index (χ0v) is 12.4. The van der Waals surface area contributed by atoms with Crippen LogP contribution in [0.5, 0.6) is 0 Å². The van der Waals surface area contributed by atoms with Crippen molar-refractivity contribution in [3.63, 3.8) is 0 Å². The summed E-state index contributed by atoms with van der Waals surface area (Å²) in [7, 11) is 0. The molecule has 18 heavy (non-hydrogen) atoms. The van der Waals surface area contributed by atoms with Crippen LogP contribution in [0.4, 0.5) is 19.0 Å². The molecule has 3 nitrogen and oxygen atoms in total. The lowest BCUT2D eigenvalue weighted by molar-refractivity contribution is -0.128. The highest BCUT2D eigenvalue weighted by molar-refractivity contribution is 14.1. The Morgan fingerprint density at radius 1 is 1.22 bits per heavy atom.